The first-order chi connectivity index (χ1) is 13.7. The predicted octanol–water partition coefficient (Wildman–Crippen LogP) is 2.71. The van der Waals surface area contributed by atoms with Crippen LogP contribution in [0.25, 0.3) is 0 Å². The van der Waals surface area contributed by atoms with Crippen molar-refractivity contribution >= 4 is 11.9 Å². The first-order valence-electron chi connectivity index (χ1n) is 9.57. The van der Waals surface area contributed by atoms with Gasteiger partial charge in [-0.3, -0.25) is 9.59 Å². The maximum Gasteiger partial charge on any atom is 0.313 e. The van der Waals surface area contributed by atoms with E-state index in [4.69, 9.17) is 9.47 Å². The fraction of sp³-hybridized carbons (Fsp3) is 0.304. The zero-order chi connectivity index (χ0) is 19.1. The number of likely N-dealkylation sites (tertiary alicyclic amines) is 1. The lowest BCUT2D eigenvalue weighted by atomic mass is 9.77. The van der Waals surface area contributed by atoms with Crippen LogP contribution in [-0.4, -0.2) is 35.0 Å². The molecule has 5 heteroatoms. The van der Waals surface area contributed by atoms with Gasteiger partial charge in [0.05, 0.1) is 18.6 Å². The molecule has 5 rings (SSSR count). The summed E-state index contributed by atoms with van der Waals surface area (Å²) < 4.78 is 11.7. The Kier molecular flexibility index (Phi) is 4.05. The molecule has 1 spiro atoms. The summed E-state index contributed by atoms with van der Waals surface area (Å²) in [5.74, 6) is -1.48. The zero-order valence-electron chi connectivity index (χ0n) is 15.4. The minimum Gasteiger partial charge on any atom is -0.460 e. The molecule has 3 aliphatic heterocycles. The number of hydrogen-bond acceptors (Lipinski definition) is 4. The van der Waals surface area contributed by atoms with Gasteiger partial charge in [-0.15, -0.1) is 0 Å². The van der Waals surface area contributed by atoms with E-state index in [9.17, 15) is 9.59 Å². The van der Waals surface area contributed by atoms with E-state index in [1.54, 1.807) is 4.90 Å². The Morgan fingerprint density at radius 1 is 1.07 bits per heavy atom. The van der Waals surface area contributed by atoms with Crippen LogP contribution in [0.3, 0.4) is 0 Å². The molecule has 1 amide bonds. The van der Waals surface area contributed by atoms with Crippen molar-refractivity contribution in [1.29, 1.82) is 0 Å². The molecule has 0 radical (unpaired) electrons. The highest BCUT2D eigenvalue weighted by Gasteiger charge is 2.67. The third-order valence-electron chi connectivity index (χ3n) is 5.89. The highest BCUT2D eigenvalue weighted by Crippen LogP contribution is 2.52. The number of rotatable bonds is 5. The van der Waals surface area contributed by atoms with Crippen LogP contribution in [0.1, 0.15) is 11.1 Å². The summed E-state index contributed by atoms with van der Waals surface area (Å²) in [4.78, 5) is 27.8. The number of amides is 1. The summed E-state index contributed by atoms with van der Waals surface area (Å²) in [7, 11) is 0. The quantitative estimate of drug-likeness (QED) is 0.596. The molecule has 2 aromatic rings. The van der Waals surface area contributed by atoms with Gasteiger partial charge in [0.2, 0.25) is 5.91 Å². The van der Waals surface area contributed by atoms with Crippen LogP contribution in [0, 0.1) is 11.8 Å². The number of esters is 1. The van der Waals surface area contributed by atoms with E-state index in [0.717, 1.165) is 11.1 Å². The van der Waals surface area contributed by atoms with Gasteiger partial charge in [0.1, 0.15) is 18.1 Å². The minimum absolute atomic E-state index is 0.0302. The number of benzene rings is 2. The van der Waals surface area contributed by atoms with E-state index < -0.39 is 17.4 Å². The zero-order valence-corrected chi connectivity index (χ0v) is 15.4. The molecule has 2 aromatic carbocycles. The van der Waals surface area contributed by atoms with Gasteiger partial charge >= 0.3 is 5.97 Å². The third kappa shape index (κ3) is 2.74. The predicted molar refractivity (Wildman–Crippen MR) is 102 cm³/mol. The van der Waals surface area contributed by atoms with Crippen molar-refractivity contribution in [1.82, 2.24) is 4.90 Å². The number of nitrogens with zero attached hydrogens (tertiary/aromatic N) is 1. The standard InChI is InChI=1S/C23H21NO4/c25-21-20-19(22(26)27-14-17-9-5-2-6-10-17)18-11-12-23(20,28-18)15-24(21)13-16-7-3-1-4-8-16/h1-12,18-20H,13-15H2/t18-,19-,20-,23+/m0/s1. The molecule has 5 nitrogen and oxygen atoms in total. The molecule has 28 heavy (non-hydrogen) atoms. The van der Waals surface area contributed by atoms with Crippen molar-refractivity contribution < 1.29 is 19.1 Å². The van der Waals surface area contributed by atoms with Crippen molar-refractivity contribution in [2.24, 2.45) is 11.8 Å². The lowest BCUT2D eigenvalue weighted by Crippen LogP contribution is -2.39. The van der Waals surface area contributed by atoms with Gasteiger partial charge in [0.15, 0.2) is 0 Å². The monoisotopic (exact) mass is 375 g/mol. The molecule has 2 fully saturated rings. The van der Waals surface area contributed by atoms with Crippen LogP contribution in [0.2, 0.25) is 0 Å². The van der Waals surface area contributed by atoms with Crippen molar-refractivity contribution in [3.63, 3.8) is 0 Å². The van der Waals surface area contributed by atoms with Crippen molar-refractivity contribution in [3.05, 3.63) is 83.9 Å². The highest BCUT2D eigenvalue weighted by molar-refractivity contribution is 5.91. The van der Waals surface area contributed by atoms with Crippen LogP contribution < -0.4 is 0 Å². The van der Waals surface area contributed by atoms with Gasteiger partial charge in [-0.2, -0.15) is 0 Å². The maximum atomic E-state index is 13.2. The van der Waals surface area contributed by atoms with E-state index in [0.29, 0.717) is 13.1 Å². The smallest absolute Gasteiger partial charge is 0.313 e. The Morgan fingerprint density at radius 3 is 2.46 bits per heavy atom. The second-order valence-corrected chi connectivity index (χ2v) is 7.67. The number of carbonyl (C=O) groups is 2. The molecule has 0 saturated carbocycles. The van der Waals surface area contributed by atoms with Crippen LogP contribution in [0.15, 0.2) is 72.8 Å². The Balaban J connectivity index is 1.33. The number of ether oxygens (including phenoxy) is 2. The molecule has 4 atom stereocenters. The maximum absolute atomic E-state index is 13.2. The second-order valence-electron chi connectivity index (χ2n) is 7.67. The van der Waals surface area contributed by atoms with Crippen molar-refractivity contribution in [2.45, 2.75) is 24.9 Å². The molecule has 142 valence electrons. The SMILES string of the molecule is O=C(OCc1ccccc1)[C@H]1[C@@H]2C=C[C@]3(CN(Cc4ccccc4)C(=O)[C@H]13)O2. The van der Waals surface area contributed by atoms with E-state index in [-0.39, 0.29) is 24.6 Å². The van der Waals surface area contributed by atoms with Gasteiger partial charge in [-0.05, 0) is 11.1 Å². The van der Waals surface area contributed by atoms with Gasteiger partial charge in [-0.25, -0.2) is 0 Å². The van der Waals surface area contributed by atoms with Crippen LogP contribution >= 0.6 is 0 Å². The van der Waals surface area contributed by atoms with Crippen molar-refractivity contribution in [2.75, 3.05) is 6.54 Å². The van der Waals surface area contributed by atoms with E-state index >= 15 is 0 Å². The Labute approximate surface area is 163 Å². The van der Waals surface area contributed by atoms with E-state index in [1.165, 1.54) is 0 Å². The number of fused-ring (bicyclic) bond motifs is 1. The van der Waals surface area contributed by atoms with E-state index in [1.807, 2.05) is 72.8 Å². The lowest BCUT2D eigenvalue weighted by molar-refractivity contribution is -0.155. The summed E-state index contributed by atoms with van der Waals surface area (Å²) in [5.41, 5.74) is 1.29. The van der Waals surface area contributed by atoms with Crippen LogP contribution in [0.4, 0.5) is 0 Å². The molecule has 0 aromatic heterocycles. The van der Waals surface area contributed by atoms with Gasteiger partial charge < -0.3 is 14.4 Å². The largest absolute Gasteiger partial charge is 0.460 e. The summed E-state index contributed by atoms with van der Waals surface area (Å²) in [6, 6.07) is 19.4. The van der Waals surface area contributed by atoms with Gasteiger partial charge in [0, 0.05) is 6.54 Å². The Hall–Kier alpha value is -2.92. The molecule has 0 N–H and O–H groups in total. The molecule has 0 aliphatic carbocycles. The fourth-order valence-electron chi connectivity index (χ4n) is 4.61. The van der Waals surface area contributed by atoms with Gasteiger partial charge in [0.25, 0.3) is 0 Å². The summed E-state index contributed by atoms with van der Waals surface area (Å²) in [6.07, 6.45) is 3.49. The molecule has 3 aliphatic rings. The van der Waals surface area contributed by atoms with E-state index in [2.05, 4.69) is 0 Å². The first-order valence-corrected chi connectivity index (χ1v) is 9.57. The fourth-order valence-corrected chi connectivity index (χ4v) is 4.61. The first kappa shape index (κ1) is 17.2. The lowest BCUT2D eigenvalue weighted by Gasteiger charge is -2.22. The molecule has 3 heterocycles. The molecular weight excluding hydrogens is 354 g/mol. The second kappa shape index (κ2) is 6.60. The molecule has 2 saturated heterocycles. The summed E-state index contributed by atoms with van der Waals surface area (Å²) in [5, 5.41) is 0. The molecule has 2 bridgehead atoms. The minimum atomic E-state index is -0.701. The van der Waals surface area contributed by atoms with Crippen LogP contribution in [0.5, 0.6) is 0 Å². The highest BCUT2D eigenvalue weighted by atomic mass is 16.6. The number of carbonyl (C=O) groups excluding carboxylic acids is 2. The van der Waals surface area contributed by atoms with Crippen molar-refractivity contribution in [3.8, 4) is 0 Å². The van der Waals surface area contributed by atoms with Gasteiger partial charge in [-0.1, -0.05) is 72.8 Å². The average Bonchev–Trinajstić information content (AvgIpc) is 3.36. The average molecular weight is 375 g/mol. The topological polar surface area (TPSA) is 55.8 Å². The molecular formula is C23H21NO4. The summed E-state index contributed by atoms with van der Waals surface area (Å²) >= 11 is 0. The third-order valence-corrected chi connectivity index (χ3v) is 5.89. The Morgan fingerprint density at radius 2 is 1.75 bits per heavy atom. The Bertz CT molecular complexity index is 926. The van der Waals surface area contributed by atoms with Crippen LogP contribution in [-0.2, 0) is 32.2 Å². The molecule has 0 unspecified atom stereocenters. The normalized spacial score (nSPS) is 29.9. The summed E-state index contributed by atoms with van der Waals surface area (Å²) in [6.45, 7) is 1.20. The number of hydrogen-bond donors (Lipinski definition) is 0.